The zero-order valence-corrected chi connectivity index (χ0v) is 16.8. The number of aliphatic hydroxyl groups is 1. The molecule has 2 aromatic rings. The maximum atomic E-state index is 11.7. The highest BCUT2D eigenvalue weighted by Crippen LogP contribution is 2.48. The number of methoxy groups -OCH3 is 1. The predicted molar refractivity (Wildman–Crippen MR) is 108 cm³/mol. The first-order valence-electron chi connectivity index (χ1n) is 10.3. The molecule has 150 valence electrons. The molecule has 0 radical (unpaired) electrons. The number of piperidine rings is 1. The van der Waals surface area contributed by atoms with Crippen LogP contribution in [0.3, 0.4) is 0 Å². The highest BCUT2D eigenvalue weighted by atomic mass is 16.5. The fourth-order valence-electron chi connectivity index (χ4n) is 5.04. The van der Waals surface area contributed by atoms with Crippen LogP contribution >= 0.6 is 0 Å². The van der Waals surface area contributed by atoms with E-state index in [1.807, 2.05) is 31.2 Å². The number of rotatable bonds is 6. The molecular formula is C23H30N2O3. The van der Waals surface area contributed by atoms with Crippen LogP contribution in [0.1, 0.15) is 37.4 Å². The number of benzene rings is 1. The smallest absolute Gasteiger partial charge is 0.161 e. The predicted octanol–water partition coefficient (Wildman–Crippen LogP) is 3.61. The largest absolute Gasteiger partial charge is 0.493 e. The minimum atomic E-state index is -0.799. The first kappa shape index (κ1) is 19.2. The summed E-state index contributed by atoms with van der Waals surface area (Å²) in [7, 11) is 1.67. The number of pyridine rings is 1. The molecule has 1 unspecified atom stereocenters. The fourth-order valence-corrected chi connectivity index (χ4v) is 5.04. The van der Waals surface area contributed by atoms with E-state index in [9.17, 15) is 5.11 Å². The average Bonchev–Trinajstić information content (AvgIpc) is 2.70. The van der Waals surface area contributed by atoms with Crippen molar-refractivity contribution in [3.63, 3.8) is 0 Å². The SMILES string of the molecule is CCOc1cc(CN2C[C@H]3CCC[C@@H](C2)C3(O)c2ccccn2)ccc1OC. The van der Waals surface area contributed by atoms with Crippen LogP contribution in [0.25, 0.3) is 0 Å². The van der Waals surface area contributed by atoms with Gasteiger partial charge in [-0.15, -0.1) is 0 Å². The van der Waals surface area contributed by atoms with Crippen LogP contribution in [0.15, 0.2) is 42.6 Å². The Labute approximate surface area is 167 Å². The molecule has 1 N–H and O–H groups in total. The maximum absolute atomic E-state index is 11.7. The Morgan fingerprint density at radius 1 is 1.14 bits per heavy atom. The molecular weight excluding hydrogens is 352 g/mol. The molecule has 2 aliphatic rings. The molecule has 1 aliphatic carbocycles. The van der Waals surface area contributed by atoms with Crippen molar-refractivity contribution in [3.05, 3.63) is 53.9 Å². The Morgan fingerprint density at radius 3 is 2.57 bits per heavy atom. The standard InChI is InChI=1S/C23H30N2O3/c1-3-28-21-13-17(10-11-20(21)27-2)14-25-15-18-7-6-8-19(16-25)23(18,26)22-9-4-5-12-24-22/h4-5,9-13,18-19,26H,3,6-8,14-16H2,1-2H3/t18-,19+,23?. The molecule has 1 aromatic carbocycles. The summed E-state index contributed by atoms with van der Waals surface area (Å²) in [5, 5.41) is 11.7. The second kappa shape index (κ2) is 8.10. The van der Waals surface area contributed by atoms with Gasteiger partial charge in [-0.05, 0) is 49.6 Å². The Balaban J connectivity index is 1.53. The Bertz CT molecular complexity index is 782. The van der Waals surface area contributed by atoms with Crippen LogP contribution in [0.2, 0.25) is 0 Å². The van der Waals surface area contributed by atoms with Crippen LogP contribution in [-0.4, -0.2) is 41.8 Å². The second-order valence-electron chi connectivity index (χ2n) is 7.98. The minimum absolute atomic E-state index is 0.222. The van der Waals surface area contributed by atoms with Gasteiger partial charge in [0.2, 0.25) is 0 Å². The normalized spacial score (nSPS) is 27.4. The highest BCUT2D eigenvalue weighted by molar-refractivity contribution is 5.43. The topological polar surface area (TPSA) is 54.8 Å². The average molecular weight is 383 g/mol. The zero-order chi connectivity index (χ0) is 19.6. The number of hydrogen-bond acceptors (Lipinski definition) is 5. The molecule has 2 heterocycles. The van der Waals surface area contributed by atoms with Crippen molar-refractivity contribution in [2.24, 2.45) is 11.8 Å². The lowest BCUT2D eigenvalue weighted by Crippen LogP contribution is -2.58. The van der Waals surface area contributed by atoms with Gasteiger partial charge >= 0.3 is 0 Å². The summed E-state index contributed by atoms with van der Waals surface area (Å²) < 4.78 is 11.1. The summed E-state index contributed by atoms with van der Waals surface area (Å²) in [4.78, 5) is 6.99. The lowest BCUT2D eigenvalue weighted by atomic mass is 9.64. The van der Waals surface area contributed by atoms with E-state index in [4.69, 9.17) is 9.47 Å². The summed E-state index contributed by atoms with van der Waals surface area (Å²) in [6.45, 7) is 5.23. The van der Waals surface area contributed by atoms with E-state index in [0.29, 0.717) is 6.61 Å². The van der Waals surface area contributed by atoms with Crippen molar-refractivity contribution in [2.45, 2.75) is 38.3 Å². The molecule has 1 aromatic heterocycles. The number of fused-ring (bicyclic) bond motifs is 2. The van der Waals surface area contributed by atoms with E-state index in [-0.39, 0.29) is 11.8 Å². The van der Waals surface area contributed by atoms with Gasteiger partial charge in [-0.2, -0.15) is 0 Å². The van der Waals surface area contributed by atoms with Crippen molar-refractivity contribution in [3.8, 4) is 11.5 Å². The Morgan fingerprint density at radius 2 is 1.93 bits per heavy atom. The van der Waals surface area contributed by atoms with E-state index < -0.39 is 5.60 Å². The molecule has 1 saturated heterocycles. The van der Waals surface area contributed by atoms with E-state index in [1.54, 1.807) is 13.3 Å². The lowest BCUT2D eigenvalue weighted by Gasteiger charge is -2.52. The number of nitrogens with zero attached hydrogens (tertiary/aromatic N) is 2. The van der Waals surface area contributed by atoms with Gasteiger partial charge in [0.15, 0.2) is 11.5 Å². The molecule has 3 atom stereocenters. The van der Waals surface area contributed by atoms with Gasteiger partial charge in [0.05, 0.1) is 19.4 Å². The lowest BCUT2D eigenvalue weighted by molar-refractivity contribution is -0.151. The Hall–Kier alpha value is -2.11. The van der Waals surface area contributed by atoms with Crippen LogP contribution in [0.5, 0.6) is 11.5 Å². The van der Waals surface area contributed by atoms with Crippen molar-refractivity contribution in [2.75, 3.05) is 26.8 Å². The minimum Gasteiger partial charge on any atom is -0.493 e. The van der Waals surface area contributed by atoms with E-state index in [1.165, 1.54) is 12.0 Å². The first-order valence-corrected chi connectivity index (χ1v) is 10.3. The molecule has 1 aliphatic heterocycles. The highest BCUT2D eigenvalue weighted by Gasteiger charge is 2.52. The zero-order valence-electron chi connectivity index (χ0n) is 16.8. The van der Waals surface area contributed by atoms with Crippen molar-refractivity contribution < 1.29 is 14.6 Å². The van der Waals surface area contributed by atoms with Crippen molar-refractivity contribution >= 4 is 0 Å². The third-order valence-electron chi connectivity index (χ3n) is 6.32. The fraction of sp³-hybridized carbons (Fsp3) is 0.522. The molecule has 2 bridgehead atoms. The maximum Gasteiger partial charge on any atom is 0.161 e. The summed E-state index contributed by atoms with van der Waals surface area (Å²) in [6, 6.07) is 12.1. The van der Waals surface area contributed by atoms with E-state index >= 15 is 0 Å². The van der Waals surface area contributed by atoms with Gasteiger partial charge < -0.3 is 14.6 Å². The van der Waals surface area contributed by atoms with Crippen LogP contribution in [0.4, 0.5) is 0 Å². The molecule has 4 rings (SSSR count). The van der Waals surface area contributed by atoms with Gasteiger partial charge in [0, 0.05) is 37.7 Å². The van der Waals surface area contributed by atoms with Crippen molar-refractivity contribution in [1.82, 2.24) is 9.88 Å². The van der Waals surface area contributed by atoms with Crippen molar-refractivity contribution in [1.29, 1.82) is 0 Å². The Kier molecular flexibility index (Phi) is 5.56. The third kappa shape index (κ3) is 3.49. The number of likely N-dealkylation sites (tertiary alicyclic amines) is 1. The van der Waals surface area contributed by atoms with Crippen LogP contribution < -0.4 is 9.47 Å². The summed E-state index contributed by atoms with van der Waals surface area (Å²) in [5.41, 5.74) is 1.25. The second-order valence-corrected chi connectivity index (χ2v) is 7.98. The summed E-state index contributed by atoms with van der Waals surface area (Å²) in [5.74, 6) is 2.01. The van der Waals surface area contributed by atoms with Gasteiger partial charge in [-0.3, -0.25) is 9.88 Å². The van der Waals surface area contributed by atoms with Crippen LogP contribution in [0, 0.1) is 11.8 Å². The van der Waals surface area contributed by atoms with E-state index in [0.717, 1.165) is 49.7 Å². The quantitative estimate of drug-likeness (QED) is 0.827. The molecule has 0 amide bonds. The molecule has 0 spiro atoms. The molecule has 5 nitrogen and oxygen atoms in total. The van der Waals surface area contributed by atoms with Gasteiger partial charge in [0.1, 0.15) is 5.60 Å². The number of hydrogen-bond donors (Lipinski definition) is 1. The van der Waals surface area contributed by atoms with Gasteiger partial charge in [-0.1, -0.05) is 18.6 Å². The summed E-state index contributed by atoms with van der Waals surface area (Å²) in [6.07, 6.45) is 5.08. The van der Waals surface area contributed by atoms with Gasteiger partial charge in [-0.25, -0.2) is 0 Å². The van der Waals surface area contributed by atoms with Crippen LogP contribution in [-0.2, 0) is 12.1 Å². The number of ether oxygens (including phenoxy) is 2. The first-order chi connectivity index (χ1) is 13.6. The third-order valence-corrected chi connectivity index (χ3v) is 6.32. The monoisotopic (exact) mass is 382 g/mol. The molecule has 2 fully saturated rings. The summed E-state index contributed by atoms with van der Waals surface area (Å²) >= 11 is 0. The molecule has 1 saturated carbocycles. The van der Waals surface area contributed by atoms with Gasteiger partial charge in [0.25, 0.3) is 0 Å². The molecule has 5 heteroatoms. The van der Waals surface area contributed by atoms with E-state index in [2.05, 4.69) is 22.0 Å². The number of aromatic nitrogens is 1. The molecule has 28 heavy (non-hydrogen) atoms.